The van der Waals surface area contributed by atoms with Crippen LogP contribution in [0.4, 0.5) is 0 Å². The van der Waals surface area contributed by atoms with Crippen molar-refractivity contribution in [2.45, 2.75) is 6.10 Å². The van der Waals surface area contributed by atoms with Gasteiger partial charge < -0.3 is 0 Å². The number of rotatable bonds is 0. The fraction of sp³-hybridized carbons (Fsp3) is 0.167. The van der Waals surface area contributed by atoms with E-state index in [-0.39, 0.29) is 5.78 Å². The Kier molecular flexibility index (Phi) is 1.26. The third-order valence-electron chi connectivity index (χ3n) is 0.900. The largest absolute Gasteiger partial charge is 0.290 e. The topological polar surface area (TPSA) is 37.0 Å². The molecule has 0 fully saturated rings. The lowest BCUT2D eigenvalue weighted by Crippen LogP contribution is -2.02. The number of carbonyl (C=O) groups excluding carboxylic acids is 1. The minimum absolute atomic E-state index is 0.0999. The molecule has 0 spiro atoms. The average Bonchev–Trinajstić information content (AvgIpc) is 1.77. The first-order valence-corrected chi connectivity index (χ1v) is 2.35. The summed E-state index contributed by atoms with van der Waals surface area (Å²) >= 11 is 0. The molecule has 2 heteroatoms. The molecule has 0 aromatic rings. The van der Waals surface area contributed by atoms with Gasteiger partial charge in [0, 0.05) is 0 Å². The minimum Gasteiger partial charge on any atom is -0.290 e. The van der Waals surface area contributed by atoms with Crippen LogP contribution in [0.5, 0.6) is 0 Å². The predicted molar refractivity (Wildman–Crippen MR) is 27.8 cm³/mol. The maximum absolute atomic E-state index is 10.4. The van der Waals surface area contributed by atoms with E-state index in [1.54, 1.807) is 0 Å². The first-order chi connectivity index (χ1) is 3.79. The van der Waals surface area contributed by atoms with E-state index in [4.69, 9.17) is 0 Å². The van der Waals surface area contributed by atoms with Crippen molar-refractivity contribution in [1.82, 2.24) is 0 Å². The minimum atomic E-state index is -0.812. The second kappa shape index (κ2) is 1.92. The molecule has 2 nitrogen and oxygen atoms in total. The fourth-order valence-corrected chi connectivity index (χ4v) is 0.499. The third-order valence-corrected chi connectivity index (χ3v) is 0.900. The Bertz CT molecular complexity index is 140. The molecule has 8 heavy (non-hydrogen) atoms. The Morgan fingerprint density at radius 1 is 1.25 bits per heavy atom. The van der Waals surface area contributed by atoms with Crippen LogP contribution in [0.3, 0.4) is 0 Å². The van der Waals surface area contributed by atoms with E-state index in [0.717, 1.165) is 0 Å². The second-order valence-electron chi connectivity index (χ2n) is 1.59. The van der Waals surface area contributed by atoms with Crippen LogP contribution in [0.1, 0.15) is 0 Å². The van der Waals surface area contributed by atoms with Crippen LogP contribution in [0.25, 0.3) is 0 Å². The van der Waals surface area contributed by atoms with Gasteiger partial charge in [-0.2, -0.15) is 0 Å². The zero-order valence-corrected chi connectivity index (χ0v) is 4.20. The highest BCUT2D eigenvalue weighted by atomic mass is 16.3. The number of allylic oxidation sites excluding steroid dienone is 2. The number of hydrogen-bond donors (Lipinski definition) is 0. The molecule has 0 heterocycles. The Hall–Kier alpha value is -0.890. The van der Waals surface area contributed by atoms with Crippen molar-refractivity contribution in [2.75, 3.05) is 0 Å². The van der Waals surface area contributed by atoms with E-state index in [2.05, 4.69) is 0 Å². The van der Waals surface area contributed by atoms with Crippen LogP contribution in [0.2, 0.25) is 0 Å². The summed E-state index contributed by atoms with van der Waals surface area (Å²) in [6.07, 6.45) is 4.44. The normalized spacial score (nSPS) is 19.9. The zero-order chi connectivity index (χ0) is 5.98. The second-order valence-corrected chi connectivity index (χ2v) is 1.59. The van der Waals surface area contributed by atoms with Crippen LogP contribution >= 0.6 is 0 Å². The third kappa shape index (κ3) is 1.04. The van der Waals surface area contributed by atoms with Crippen molar-refractivity contribution in [3.8, 4) is 0 Å². The molecule has 0 atom stereocenters. The summed E-state index contributed by atoms with van der Waals surface area (Å²) in [5.41, 5.74) is 0. The number of hydrogen-bond acceptors (Lipinski definition) is 1. The van der Waals surface area contributed by atoms with Gasteiger partial charge in [-0.1, -0.05) is 0 Å². The average molecular weight is 109 g/mol. The van der Waals surface area contributed by atoms with Crippen molar-refractivity contribution in [1.29, 1.82) is 0 Å². The van der Waals surface area contributed by atoms with Gasteiger partial charge in [0.05, 0.1) is 0 Å². The molecule has 1 aliphatic carbocycles. The quantitative estimate of drug-likeness (QED) is 0.445. The summed E-state index contributed by atoms with van der Waals surface area (Å²) in [4.78, 5) is 10.3. The van der Waals surface area contributed by atoms with E-state index in [0.29, 0.717) is 0 Å². The molecule has 1 rings (SSSR count). The Balaban J connectivity index is 2.68. The maximum atomic E-state index is 10.4. The van der Waals surface area contributed by atoms with Gasteiger partial charge in [0.25, 0.3) is 0 Å². The molecule has 0 N–H and O–H groups in total. The van der Waals surface area contributed by atoms with E-state index in [9.17, 15) is 9.90 Å². The van der Waals surface area contributed by atoms with E-state index < -0.39 is 6.10 Å². The Morgan fingerprint density at radius 3 is 2.12 bits per heavy atom. The first kappa shape index (κ1) is 5.25. The van der Waals surface area contributed by atoms with E-state index in [1.165, 1.54) is 24.3 Å². The highest BCUT2D eigenvalue weighted by Crippen LogP contribution is 1.97. The molecule has 0 amide bonds. The van der Waals surface area contributed by atoms with Crippen molar-refractivity contribution in [3.63, 3.8) is 0 Å². The van der Waals surface area contributed by atoms with Gasteiger partial charge in [-0.15, -0.1) is 0 Å². The summed E-state index contributed by atoms with van der Waals surface area (Å²) < 4.78 is 0. The SMILES string of the molecule is [O]C1C=CC(=O)C=C1. The monoisotopic (exact) mass is 109 g/mol. The summed E-state index contributed by atoms with van der Waals surface area (Å²) in [5.74, 6) is -0.0999. The lowest BCUT2D eigenvalue weighted by molar-refractivity contribution is -0.110. The molecule has 0 aromatic carbocycles. The predicted octanol–water partition coefficient (Wildman–Crippen LogP) is 0.481. The summed E-state index contributed by atoms with van der Waals surface area (Å²) in [6.45, 7) is 0. The van der Waals surface area contributed by atoms with Crippen LogP contribution in [-0.2, 0) is 9.90 Å². The summed E-state index contributed by atoms with van der Waals surface area (Å²) in [7, 11) is 0. The van der Waals surface area contributed by atoms with Gasteiger partial charge in [0.2, 0.25) is 0 Å². The highest BCUT2D eigenvalue weighted by molar-refractivity contribution is 6.00. The van der Waals surface area contributed by atoms with E-state index >= 15 is 0 Å². The molecular weight excluding hydrogens is 104 g/mol. The van der Waals surface area contributed by atoms with Gasteiger partial charge in [-0.3, -0.25) is 4.79 Å². The zero-order valence-electron chi connectivity index (χ0n) is 4.20. The molecule has 0 aromatic heterocycles. The van der Waals surface area contributed by atoms with Gasteiger partial charge >= 0.3 is 0 Å². The molecular formula is C6H5O2. The Morgan fingerprint density at radius 2 is 1.75 bits per heavy atom. The van der Waals surface area contributed by atoms with Crippen LogP contribution in [-0.4, -0.2) is 11.9 Å². The van der Waals surface area contributed by atoms with Crippen LogP contribution in [0.15, 0.2) is 24.3 Å². The summed E-state index contributed by atoms with van der Waals surface area (Å²) in [5, 5.41) is 10.4. The first-order valence-electron chi connectivity index (χ1n) is 2.35. The summed E-state index contributed by atoms with van der Waals surface area (Å²) in [6, 6.07) is 0. The lowest BCUT2D eigenvalue weighted by Gasteiger charge is -1.96. The van der Waals surface area contributed by atoms with Crippen molar-refractivity contribution in [2.24, 2.45) is 0 Å². The van der Waals surface area contributed by atoms with Gasteiger partial charge in [-0.05, 0) is 24.3 Å². The smallest absolute Gasteiger partial charge is 0.178 e. The van der Waals surface area contributed by atoms with Crippen molar-refractivity contribution < 1.29 is 9.90 Å². The van der Waals surface area contributed by atoms with Crippen LogP contribution in [0, 0.1) is 0 Å². The Labute approximate surface area is 47.1 Å². The molecule has 0 saturated carbocycles. The molecule has 0 saturated heterocycles. The molecule has 0 unspecified atom stereocenters. The maximum Gasteiger partial charge on any atom is 0.178 e. The fourth-order valence-electron chi connectivity index (χ4n) is 0.499. The van der Waals surface area contributed by atoms with Gasteiger partial charge in [0.1, 0.15) is 6.10 Å². The number of carbonyl (C=O) groups is 1. The lowest BCUT2D eigenvalue weighted by atomic mass is 10.2. The van der Waals surface area contributed by atoms with E-state index in [1.807, 2.05) is 0 Å². The molecule has 1 radical (unpaired) electrons. The van der Waals surface area contributed by atoms with Crippen molar-refractivity contribution in [3.05, 3.63) is 24.3 Å². The molecule has 1 aliphatic rings. The molecule has 41 valence electrons. The highest BCUT2D eigenvalue weighted by Gasteiger charge is 2.01. The molecule has 0 aliphatic heterocycles. The van der Waals surface area contributed by atoms with Gasteiger partial charge in [-0.25, -0.2) is 5.11 Å². The molecule has 0 bridgehead atoms. The van der Waals surface area contributed by atoms with Gasteiger partial charge in [0.15, 0.2) is 5.78 Å². The standard InChI is InChI=1S/C6H5O2/c7-5-1-2-6(8)4-3-5/h1-5H. The number of ketones is 1. The van der Waals surface area contributed by atoms with Crippen LogP contribution < -0.4 is 0 Å². The van der Waals surface area contributed by atoms with Crippen molar-refractivity contribution >= 4 is 5.78 Å².